The summed E-state index contributed by atoms with van der Waals surface area (Å²) < 4.78 is 0. The van der Waals surface area contributed by atoms with E-state index >= 15 is 0 Å². The van der Waals surface area contributed by atoms with Gasteiger partial charge in [-0.15, -0.1) is 0 Å². The van der Waals surface area contributed by atoms with E-state index in [0.29, 0.717) is 29.7 Å². The number of carbonyl (C=O) groups is 1. The van der Waals surface area contributed by atoms with E-state index in [0.717, 1.165) is 25.9 Å². The van der Waals surface area contributed by atoms with E-state index in [1.54, 1.807) is 6.07 Å². The maximum atomic E-state index is 13.4. The molecular formula is C24H27N5O2. The Bertz CT molecular complexity index is 1140. The molecule has 160 valence electrons. The average Bonchev–Trinajstić information content (AvgIpc) is 2.81. The van der Waals surface area contributed by atoms with Gasteiger partial charge in [0.25, 0.3) is 11.5 Å². The Balaban J connectivity index is 1.40. The van der Waals surface area contributed by atoms with Crippen LogP contribution in [-0.4, -0.2) is 55.8 Å². The third kappa shape index (κ3) is 3.85. The molecule has 0 radical (unpaired) electrons. The summed E-state index contributed by atoms with van der Waals surface area (Å²) in [6, 6.07) is 12.2. The predicted octanol–water partition coefficient (Wildman–Crippen LogP) is 2.98. The molecule has 1 aliphatic carbocycles. The summed E-state index contributed by atoms with van der Waals surface area (Å²) in [6.45, 7) is 3.13. The van der Waals surface area contributed by atoms with Gasteiger partial charge in [0.2, 0.25) is 0 Å². The quantitative estimate of drug-likeness (QED) is 0.709. The molecule has 7 heteroatoms. The summed E-state index contributed by atoms with van der Waals surface area (Å²) in [4.78, 5) is 41.0. The molecule has 0 atom stereocenters. The van der Waals surface area contributed by atoms with E-state index in [1.807, 2.05) is 11.0 Å². The van der Waals surface area contributed by atoms with Crippen LogP contribution in [0.2, 0.25) is 0 Å². The first kappa shape index (κ1) is 19.9. The van der Waals surface area contributed by atoms with Gasteiger partial charge in [0.05, 0.1) is 23.4 Å². The minimum absolute atomic E-state index is 0.0118. The highest BCUT2D eigenvalue weighted by atomic mass is 16.2. The average molecular weight is 418 g/mol. The smallest absolute Gasteiger partial charge is 0.272 e. The molecule has 3 aromatic rings. The van der Waals surface area contributed by atoms with E-state index in [9.17, 15) is 9.59 Å². The molecule has 0 bridgehead atoms. The van der Waals surface area contributed by atoms with E-state index in [4.69, 9.17) is 0 Å². The molecule has 7 nitrogen and oxygen atoms in total. The molecule has 1 spiro atoms. The Morgan fingerprint density at radius 1 is 1.06 bits per heavy atom. The Kier molecular flexibility index (Phi) is 5.28. The van der Waals surface area contributed by atoms with Gasteiger partial charge < -0.3 is 9.88 Å². The minimum atomic E-state index is -0.252. The van der Waals surface area contributed by atoms with Gasteiger partial charge in [0, 0.05) is 31.7 Å². The maximum absolute atomic E-state index is 13.4. The van der Waals surface area contributed by atoms with Crippen LogP contribution in [0.5, 0.6) is 0 Å². The number of hydrogen-bond acceptors (Lipinski definition) is 5. The van der Waals surface area contributed by atoms with Crippen molar-refractivity contribution < 1.29 is 4.79 Å². The summed E-state index contributed by atoms with van der Waals surface area (Å²) in [5.74, 6) is -0.102. The van der Waals surface area contributed by atoms with Gasteiger partial charge in [0.15, 0.2) is 0 Å². The lowest BCUT2D eigenvalue weighted by Crippen LogP contribution is -2.63. The van der Waals surface area contributed by atoms with Gasteiger partial charge in [0.1, 0.15) is 5.69 Å². The molecule has 3 heterocycles. The molecule has 2 aromatic heterocycles. The van der Waals surface area contributed by atoms with Crippen molar-refractivity contribution in [2.24, 2.45) is 0 Å². The number of carbonyl (C=O) groups excluding carboxylic acids is 1. The predicted molar refractivity (Wildman–Crippen MR) is 119 cm³/mol. The standard InChI is InChI=1S/C24H27N5O2/c30-22-19-13-20(25-14-21(19)26-17-27-22)23(31)28-11-12-29(15-18-7-3-1-4-8-18)24(16-28)9-5-2-6-10-24/h1,3-4,7-8,13-14,17H,2,5-6,9-12,15-16H2,(H,26,27,30). The molecule has 5 rings (SSSR count). The summed E-state index contributed by atoms with van der Waals surface area (Å²) in [5.41, 5.74) is 1.89. The first-order valence-electron chi connectivity index (χ1n) is 11.1. The monoisotopic (exact) mass is 417 g/mol. The normalized spacial score (nSPS) is 19.0. The highest BCUT2D eigenvalue weighted by molar-refractivity contribution is 5.95. The number of piperazine rings is 1. The van der Waals surface area contributed by atoms with Crippen molar-refractivity contribution in [3.63, 3.8) is 0 Å². The summed E-state index contributed by atoms with van der Waals surface area (Å²) in [7, 11) is 0. The highest BCUT2D eigenvalue weighted by Crippen LogP contribution is 2.37. The summed E-state index contributed by atoms with van der Waals surface area (Å²) in [5, 5.41) is 0.399. The zero-order valence-corrected chi connectivity index (χ0v) is 17.6. The zero-order chi connectivity index (χ0) is 21.3. The van der Waals surface area contributed by atoms with E-state index in [1.165, 1.54) is 37.4 Å². The third-order valence-electron chi connectivity index (χ3n) is 6.83. The minimum Gasteiger partial charge on any atom is -0.334 e. The van der Waals surface area contributed by atoms with Crippen molar-refractivity contribution in [3.05, 3.63) is 70.5 Å². The Labute approximate surface area is 181 Å². The second-order valence-corrected chi connectivity index (χ2v) is 8.74. The second-order valence-electron chi connectivity index (χ2n) is 8.74. The molecule has 2 aliphatic rings. The Morgan fingerprint density at radius 2 is 1.87 bits per heavy atom. The van der Waals surface area contributed by atoms with Crippen molar-refractivity contribution in [1.29, 1.82) is 0 Å². The lowest BCUT2D eigenvalue weighted by Gasteiger charge is -2.53. The van der Waals surface area contributed by atoms with Crippen molar-refractivity contribution >= 4 is 16.8 Å². The molecule has 1 amide bonds. The number of aromatic amines is 1. The molecule has 1 saturated heterocycles. The number of benzene rings is 1. The molecule has 1 aliphatic heterocycles. The van der Waals surface area contributed by atoms with Gasteiger partial charge in [-0.3, -0.25) is 14.5 Å². The van der Waals surface area contributed by atoms with E-state index in [2.05, 4.69) is 44.1 Å². The van der Waals surface area contributed by atoms with Crippen molar-refractivity contribution in [2.75, 3.05) is 19.6 Å². The molecule has 2 fully saturated rings. The second kappa shape index (κ2) is 8.23. The number of amides is 1. The number of H-pyrrole nitrogens is 1. The number of nitrogens with zero attached hydrogens (tertiary/aromatic N) is 4. The zero-order valence-electron chi connectivity index (χ0n) is 17.6. The van der Waals surface area contributed by atoms with Crippen LogP contribution >= 0.6 is 0 Å². The summed E-state index contributed by atoms with van der Waals surface area (Å²) in [6.07, 6.45) is 8.74. The van der Waals surface area contributed by atoms with Gasteiger partial charge >= 0.3 is 0 Å². The first-order valence-corrected chi connectivity index (χ1v) is 11.1. The fraction of sp³-hybridized carbons (Fsp3) is 0.417. The lowest BCUT2D eigenvalue weighted by molar-refractivity contribution is -0.0254. The van der Waals surface area contributed by atoms with Crippen LogP contribution in [0.1, 0.15) is 48.2 Å². The van der Waals surface area contributed by atoms with E-state index < -0.39 is 0 Å². The topological polar surface area (TPSA) is 82.2 Å². The fourth-order valence-corrected chi connectivity index (χ4v) is 5.17. The Morgan fingerprint density at radius 3 is 2.68 bits per heavy atom. The van der Waals surface area contributed by atoms with Crippen LogP contribution in [0.3, 0.4) is 0 Å². The Hall–Kier alpha value is -3.06. The van der Waals surface area contributed by atoms with Gasteiger partial charge in [-0.05, 0) is 24.5 Å². The van der Waals surface area contributed by atoms with Crippen LogP contribution in [0.15, 0.2) is 53.7 Å². The number of hydrogen-bond donors (Lipinski definition) is 1. The molecule has 0 unspecified atom stereocenters. The van der Waals surface area contributed by atoms with Gasteiger partial charge in [-0.2, -0.15) is 0 Å². The number of aromatic nitrogens is 3. The molecular weight excluding hydrogens is 390 g/mol. The van der Waals surface area contributed by atoms with Crippen LogP contribution in [0, 0.1) is 0 Å². The van der Waals surface area contributed by atoms with Crippen LogP contribution in [0.25, 0.3) is 10.9 Å². The number of rotatable bonds is 3. The maximum Gasteiger partial charge on any atom is 0.272 e. The number of fused-ring (bicyclic) bond motifs is 1. The largest absolute Gasteiger partial charge is 0.334 e. The van der Waals surface area contributed by atoms with Crippen LogP contribution in [-0.2, 0) is 6.54 Å². The molecule has 1 N–H and O–H groups in total. The van der Waals surface area contributed by atoms with Crippen molar-refractivity contribution in [1.82, 2.24) is 24.8 Å². The highest BCUT2D eigenvalue weighted by Gasteiger charge is 2.43. The van der Waals surface area contributed by atoms with Gasteiger partial charge in [-0.25, -0.2) is 9.97 Å². The first-order chi connectivity index (χ1) is 15.1. The van der Waals surface area contributed by atoms with Crippen LogP contribution in [0.4, 0.5) is 0 Å². The number of pyridine rings is 1. The number of nitrogens with one attached hydrogen (secondary N) is 1. The van der Waals surface area contributed by atoms with Crippen LogP contribution < -0.4 is 5.56 Å². The molecule has 1 saturated carbocycles. The fourth-order valence-electron chi connectivity index (χ4n) is 5.17. The molecule has 1 aromatic carbocycles. The summed E-state index contributed by atoms with van der Waals surface area (Å²) >= 11 is 0. The third-order valence-corrected chi connectivity index (χ3v) is 6.83. The van der Waals surface area contributed by atoms with E-state index in [-0.39, 0.29) is 17.0 Å². The molecule has 31 heavy (non-hydrogen) atoms. The SMILES string of the molecule is O=C(c1cc2c(=O)[nH]cnc2cn1)N1CCN(Cc2ccccc2)C2(CCCCC2)C1. The van der Waals surface area contributed by atoms with Gasteiger partial charge in [-0.1, -0.05) is 49.6 Å². The van der Waals surface area contributed by atoms with Crippen molar-refractivity contribution in [2.45, 2.75) is 44.2 Å². The van der Waals surface area contributed by atoms with Crippen molar-refractivity contribution in [3.8, 4) is 0 Å². The lowest BCUT2D eigenvalue weighted by atomic mass is 9.78.